The van der Waals surface area contributed by atoms with Crippen LogP contribution in [0.2, 0.25) is 0 Å². The molecular weight excluding hydrogens is 1060 g/mol. The number of hydrogen-bond donors (Lipinski definition) is 11. The number of likely N-dealkylation sites (N-methyl/N-ethyl adjacent to an activating group) is 2. The second-order valence-corrected chi connectivity index (χ2v) is 19.9. The summed E-state index contributed by atoms with van der Waals surface area (Å²) in [6.07, 6.45) is 4.94. The summed E-state index contributed by atoms with van der Waals surface area (Å²) in [5, 5.41) is 32.1. The molecule has 6 heterocycles. The van der Waals surface area contributed by atoms with Gasteiger partial charge in [-0.3, -0.25) is 28.8 Å². The van der Waals surface area contributed by atoms with Crippen molar-refractivity contribution in [1.82, 2.24) is 36.2 Å². The van der Waals surface area contributed by atoms with Gasteiger partial charge >= 0.3 is 0 Å². The molecule has 6 amide bonds. The first kappa shape index (κ1) is 60.8. The first-order valence-corrected chi connectivity index (χ1v) is 26.9. The first-order valence-electron chi connectivity index (χ1n) is 26.9. The van der Waals surface area contributed by atoms with Gasteiger partial charge in [0.15, 0.2) is 0 Å². The first-order chi connectivity index (χ1) is 39.0. The second kappa shape index (κ2) is 26.2. The summed E-state index contributed by atoms with van der Waals surface area (Å²) >= 11 is 0. The van der Waals surface area contributed by atoms with Crippen LogP contribution in [0.4, 0.5) is 30.2 Å². The number of hydroxylamine groups is 3. The van der Waals surface area contributed by atoms with Gasteiger partial charge in [-0.05, 0) is 151 Å². The summed E-state index contributed by atoms with van der Waals surface area (Å²) in [7, 11) is 0. The van der Waals surface area contributed by atoms with Gasteiger partial charge in [-0.2, -0.15) is 0 Å². The highest BCUT2D eigenvalue weighted by atomic mass is 19.1. The summed E-state index contributed by atoms with van der Waals surface area (Å²) < 4.78 is 40.4. The van der Waals surface area contributed by atoms with E-state index in [4.69, 9.17) is 5.73 Å². The molecule has 6 aromatic rings. The minimum absolute atomic E-state index is 0.161. The predicted octanol–water partition coefficient (Wildman–Crippen LogP) is 7.90. The number of anilines is 3. The molecular formula is C60H69F3N12O7. The SMILES string of the molecule is CCNCCNC(=O)c1c(C)[nH]c(/C=C2\C(=O)Nc3ccc(F)cc32)c1C.CC[N+]([O-])(CC)CCNC(=O)c1c(C)[nH]c(/C=C2\C(=O)Nc3ccc(F)cc32)c1C.Cc1[nH]c(/C=C2\C(=O)Nc3ccc(F)cc32)c(C)c1C(=O)NCCN. The topological polar surface area (TPSA) is 283 Å². The Labute approximate surface area is 473 Å². The number of rotatable bonds is 17. The number of carbonyl (C=O) groups excluding carboxylic acids is 6. The highest BCUT2D eigenvalue weighted by molar-refractivity contribution is 6.36. The van der Waals surface area contributed by atoms with Crippen molar-refractivity contribution in [2.45, 2.75) is 62.3 Å². The van der Waals surface area contributed by atoms with Crippen molar-refractivity contribution >= 4 is 87.5 Å². The maximum Gasteiger partial charge on any atom is 0.256 e. The van der Waals surface area contributed by atoms with Crippen LogP contribution in [0, 0.1) is 64.2 Å². The van der Waals surface area contributed by atoms with Gasteiger partial charge in [0, 0.05) is 94.1 Å². The van der Waals surface area contributed by atoms with Crippen LogP contribution in [0.3, 0.4) is 0 Å². The van der Waals surface area contributed by atoms with Gasteiger partial charge in [-0.1, -0.05) is 6.92 Å². The highest BCUT2D eigenvalue weighted by Crippen LogP contribution is 2.37. The van der Waals surface area contributed by atoms with E-state index in [1.165, 1.54) is 48.5 Å². The molecule has 0 spiro atoms. The summed E-state index contributed by atoms with van der Waals surface area (Å²) in [5.41, 5.74) is 17.4. The molecule has 3 aliphatic heterocycles. The van der Waals surface area contributed by atoms with E-state index in [2.05, 4.69) is 52.2 Å². The minimum Gasteiger partial charge on any atom is -0.633 e. The van der Waals surface area contributed by atoms with E-state index < -0.39 is 17.5 Å². The molecule has 19 nitrogen and oxygen atoms in total. The normalized spacial score (nSPS) is 14.6. The third kappa shape index (κ3) is 13.5. The van der Waals surface area contributed by atoms with Gasteiger partial charge < -0.3 is 67.8 Å². The van der Waals surface area contributed by atoms with E-state index in [9.17, 15) is 47.1 Å². The molecule has 0 radical (unpaired) electrons. The van der Waals surface area contributed by atoms with E-state index in [0.717, 1.165) is 23.4 Å². The third-order valence-electron chi connectivity index (χ3n) is 14.5. The zero-order chi connectivity index (χ0) is 59.7. The van der Waals surface area contributed by atoms with Crippen molar-refractivity contribution < 1.29 is 46.6 Å². The van der Waals surface area contributed by atoms with E-state index in [1.54, 1.807) is 52.0 Å². The Morgan fingerprint density at radius 2 is 0.854 bits per heavy atom. The number of quaternary nitrogens is 1. The van der Waals surface area contributed by atoms with Crippen molar-refractivity contribution in [3.63, 3.8) is 0 Å². The highest BCUT2D eigenvalue weighted by Gasteiger charge is 2.29. The molecule has 432 valence electrons. The standard InChI is InChI=1S/C22H27FN4O3.C20H23FN4O2.C18H19FN4O2/c1-5-27(30,6-2)10-9-24-22(29)20-13(3)19(25-14(20)4)12-17-16-11-15(23)7-8-18(16)26-21(17)28;1-4-22-7-8-23-20(27)18-11(2)17(24-12(18)3)10-15-14-9-13(21)5-6-16(14)25-19(15)26;1-9-15(22-10(2)16(9)18(25)21-6-5-20)8-13-12-7-11(19)3-4-14(12)23-17(13)24/h7-8,11-12,25H,5-6,9-10H2,1-4H3,(H,24,29)(H,26,28);5-6,9-10,22,24H,4,7-8H2,1-3H3,(H,23,27)(H,25,26);3-4,7-8,22H,5-6,20H2,1-2H3,(H,21,25)(H,23,24)/b17-12-;15-10-;13-8-. The number of aromatic amines is 3. The molecule has 0 atom stereocenters. The van der Waals surface area contributed by atoms with Crippen LogP contribution >= 0.6 is 0 Å². The van der Waals surface area contributed by atoms with Crippen molar-refractivity contribution in [1.29, 1.82) is 0 Å². The number of hydrogen-bond acceptors (Lipinski definition) is 9. The third-order valence-corrected chi connectivity index (χ3v) is 14.5. The molecule has 0 aliphatic carbocycles. The number of nitrogens with two attached hydrogens (primary N) is 1. The Hall–Kier alpha value is -8.83. The Morgan fingerprint density at radius 3 is 1.17 bits per heavy atom. The predicted molar refractivity (Wildman–Crippen MR) is 314 cm³/mol. The lowest BCUT2D eigenvalue weighted by molar-refractivity contribution is -0.875. The molecule has 3 aromatic carbocycles. The number of carbonyl (C=O) groups is 6. The number of fused-ring (bicyclic) bond motifs is 3. The molecule has 0 bridgehead atoms. The fourth-order valence-corrected chi connectivity index (χ4v) is 9.93. The second-order valence-electron chi connectivity index (χ2n) is 19.9. The smallest absolute Gasteiger partial charge is 0.256 e. The van der Waals surface area contributed by atoms with Crippen molar-refractivity contribution in [3.05, 3.63) is 161 Å². The van der Waals surface area contributed by atoms with E-state index in [1.807, 2.05) is 34.6 Å². The molecule has 12 N–H and O–H groups in total. The number of H-pyrrole nitrogens is 3. The maximum atomic E-state index is 13.7. The maximum absolute atomic E-state index is 13.7. The average Bonchev–Trinajstić information content (AvgIpc) is 4.38. The van der Waals surface area contributed by atoms with Gasteiger partial charge in [0.1, 0.15) is 17.5 Å². The van der Waals surface area contributed by atoms with Gasteiger partial charge in [0.2, 0.25) is 0 Å². The molecule has 0 fully saturated rings. The molecule has 3 aliphatic rings. The Balaban J connectivity index is 0.000000178. The van der Waals surface area contributed by atoms with E-state index >= 15 is 0 Å². The lowest BCUT2D eigenvalue weighted by Gasteiger charge is -2.41. The molecule has 22 heteroatoms. The Kier molecular flexibility index (Phi) is 19.4. The van der Waals surface area contributed by atoms with Crippen LogP contribution < -0.4 is 43.0 Å². The monoisotopic (exact) mass is 1130 g/mol. The zero-order valence-electron chi connectivity index (χ0n) is 47.3. The Morgan fingerprint density at radius 1 is 0.524 bits per heavy atom. The number of aryl methyl sites for hydroxylation is 3. The lowest BCUT2D eigenvalue weighted by Crippen LogP contribution is -2.46. The van der Waals surface area contributed by atoms with Crippen molar-refractivity contribution in [3.8, 4) is 0 Å². The zero-order valence-corrected chi connectivity index (χ0v) is 47.3. The lowest BCUT2D eigenvalue weighted by atomic mass is 10.0. The van der Waals surface area contributed by atoms with Crippen LogP contribution in [0.15, 0.2) is 54.6 Å². The molecule has 9 rings (SSSR count). The number of benzene rings is 3. The Bertz CT molecular complexity index is 3580. The number of aromatic nitrogens is 3. The minimum atomic E-state index is -0.428. The summed E-state index contributed by atoms with van der Waals surface area (Å²) in [4.78, 5) is 83.8. The molecule has 0 saturated carbocycles. The van der Waals surface area contributed by atoms with Crippen LogP contribution in [0.1, 0.15) is 119 Å². The summed E-state index contributed by atoms with van der Waals surface area (Å²) in [6.45, 7) is 20.8. The summed E-state index contributed by atoms with van der Waals surface area (Å²) in [6, 6.07) is 12.5. The van der Waals surface area contributed by atoms with Crippen molar-refractivity contribution in [2.75, 3.05) is 74.9 Å². The van der Waals surface area contributed by atoms with Gasteiger partial charge in [0.25, 0.3) is 35.4 Å². The number of nitrogens with zero attached hydrogens (tertiary/aromatic N) is 1. The van der Waals surface area contributed by atoms with Crippen LogP contribution in [0.5, 0.6) is 0 Å². The average molecular weight is 1130 g/mol. The van der Waals surface area contributed by atoms with Crippen molar-refractivity contribution in [2.24, 2.45) is 5.73 Å². The fourth-order valence-electron chi connectivity index (χ4n) is 9.93. The molecule has 3 aromatic heterocycles. The number of nitrogens with one attached hydrogen (secondary N) is 10. The van der Waals surface area contributed by atoms with Gasteiger partial charge in [-0.15, -0.1) is 0 Å². The van der Waals surface area contributed by atoms with Gasteiger partial charge in [0.05, 0.1) is 59.6 Å². The van der Waals surface area contributed by atoms with E-state index in [0.29, 0.717) is 147 Å². The molecule has 82 heavy (non-hydrogen) atoms. The fraction of sp³-hybridized carbons (Fsp3) is 0.300. The van der Waals surface area contributed by atoms with Crippen LogP contribution in [0.25, 0.3) is 34.9 Å². The molecule has 0 saturated heterocycles. The van der Waals surface area contributed by atoms with E-state index in [-0.39, 0.29) is 46.6 Å². The largest absolute Gasteiger partial charge is 0.633 e. The van der Waals surface area contributed by atoms with Crippen LogP contribution in [-0.4, -0.2) is 114 Å². The quantitative estimate of drug-likeness (QED) is 0.0183. The summed E-state index contributed by atoms with van der Waals surface area (Å²) in [5.74, 6) is -2.82. The number of amides is 6. The number of halogens is 3. The van der Waals surface area contributed by atoms with Gasteiger partial charge in [-0.25, -0.2) is 13.2 Å². The van der Waals surface area contributed by atoms with Crippen LogP contribution in [-0.2, 0) is 14.4 Å². The molecule has 0 unspecified atom stereocenters.